The van der Waals surface area contributed by atoms with Gasteiger partial charge in [0.25, 0.3) is 5.91 Å². The molecule has 0 saturated heterocycles. The summed E-state index contributed by atoms with van der Waals surface area (Å²) in [5.41, 5.74) is 4.60. The Balaban J connectivity index is 1.82. The lowest BCUT2D eigenvalue weighted by Gasteiger charge is -2.26. The molecule has 0 N–H and O–H groups in total. The zero-order valence-electron chi connectivity index (χ0n) is 13.2. The van der Waals surface area contributed by atoms with Crippen LogP contribution >= 0.6 is 11.3 Å². The summed E-state index contributed by atoms with van der Waals surface area (Å²) < 4.78 is 0. The maximum atomic E-state index is 13.3. The highest BCUT2D eigenvalue weighted by atomic mass is 32.1. The second kappa shape index (κ2) is 5.26. The molecule has 0 bridgehead atoms. The van der Waals surface area contributed by atoms with Crippen molar-refractivity contribution in [2.45, 2.75) is 6.54 Å². The number of rotatable bonds is 2. The molecule has 4 heteroatoms. The largest absolute Gasteiger partial charge is 0.302 e. The van der Waals surface area contributed by atoms with Gasteiger partial charge in [-0.05, 0) is 23.1 Å². The summed E-state index contributed by atoms with van der Waals surface area (Å²) in [5, 5.41) is 1.99. The van der Waals surface area contributed by atoms with Crippen LogP contribution in [0.15, 0.2) is 66.0 Å². The highest BCUT2D eigenvalue weighted by Gasteiger charge is 2.40. The minimum absolute atomic E-state index is 0.0270. The third-order valence-corrected chi connectivity index (χ3v) is 5.70. The van der Waals surface area contributed by atoms with Crippen LogP contribution in [-0.4, -0.2) is 16.6 Å². The van der Waals surface area contributed by atoms with Crippen LogP contribution in [0.3, 0.4) is 0 Å². The molecule has 3 aromatic rings. The topological polar surface area (TPSA) is 37.4 Å². The Labute approximate surface area is 148 Å². The van der Waals surface area contributed by atoms with E-state index in [9.17, 15) is 9.59 Å². The van der Waals surface area contributed by atoms with Gasteiger partial charge in [0.1, 0.15) is 0 Å². The first-order valence-electron chi connectivity index (χ1n) is 8.08. The lowest BCUT2D eigenvalue weighted by Crippen LogP contribution is -2.27. The molecule has 0 atom stereocenters. The highest BCUT2D eigenvalue weighted by Crippen LogP contribution is 2.46. The normalized spacial score (nSPS) is 15.0. The van der Waals surface area contributed by atoms with Crippen molar-refractivity contribution in [2.24, 2.45) is 0 Å². The Bertz CT molecular complexity index is 1060. The number of hydrogen-bond donors (Lipinski definition) is 0. The third kappa shape index (κ3) is 1.98. The van der Waals surface area contributed by atoms with Gasteiger partial charge >= 0.3 is 0 Å². The Morgan fingerprint density at radius 1 is 0.920 bits per heavy atom. The molecule has 0 unspecified atom stereocenters. The quantitative estimate of drug-likeness (QED) is 0.644. The van der Waals surface area contributed by atoms with Crippen LogP contribution in [0.1, 0.15) is 36.7 Å². The van der Waals surface area contributed by atoms with E-state index in [0.717, 1.165) is 21.7 Å². The van der Waals surface area contributed by atoms with Gasteiger partial charge in [-0.1, -0.05) is 48.5 Å². The van der Waals surface area contributed by atoms with Crippen molar-refractivity contribution < 1.29 is 9.59 Å². The fourth-order valence-corrected chi connectivity index (χ4v) is 4.55. The van der Waals surface area contributed by atoms with E-state index in [1.807, 2.05) is 66.0 Å². The molecule has 3 nitrogen and oxygen atoms in total. The number of thiophene rings is 1. The SMILES string of the molecule is O=C(C1=C2c3ccccc3C(=O)N2Cc2ccsc21)c1ccccc1. The van der Waals surface area contributed by atoms with Crippen molar-refractivity contribution in [3.63, 3.8) is 0 Å². The first kappa shape index (κ1) is 14.4. The molecule has 25 heavy (non-hydrogen) atoms. The maximum absolute atomic E-state index is 13.3. The van der Waals surface area contributed by atoms with Gasteiger partial charge < -0.3 is 4.90 Å². The molecule has 1 aromatic heterocycles. The van der Waals surface area contributed by atoms with Crippen LogP contribution < -0.4 is 0 Å². The van der Waals surface area contributed by atoms with Crippen molar-refractivity contribution in [3.05, 3.63) is 93.2 Å². The molecule has 2 aromatic carbocycles. The van der Waals surface area contributed by atoms with Gasteiger partial charge in [0.05, 0.1) is 17.8 Å². The molecular formula is C21H13NO2S. The maximum Gasteiger partial charge on any atom is 0.259 e. The van der Waals surface area contributed by atoms with Crippen molar-refractivity contribution in [1.29, 1.82) is 0 Å². The number of fused-ring (bicyclic) bond motifs is 4. The Kier molecular flexibility index (Phi) is 3.02. The number of nitrogens with zero attached hydrogens (tertiary/aromatic N) is 1. The van der Waals surface area contributed by atoms with Crippen molar-refractivity contribution in [3.8, 4) is 0 Å². The molecule has 3 heterocycles. The number of Topliss-reactive ketones (excluding diaryl/α,β-unsaturated/α-hetero) is 1. The summed E-state index contributed by atoms with van der Waals surface area (Å²) in [6.45, 7) is 0.521. The van der Waals surface area contributed by atoms with E-state index in [-0.39, 0.29) is 11.7 Å². The summed E-state index contributed by atoms with van der Waals surface area (Å²) in [5.74, 6) is -0.0608. The second-order valence-electron chi connectivity index (χ2n) is 6.13. The molecule has 0 spiro atoms. The first-order chi connectivity index (χ1) is 12.3. The van der Waals surface area contributed by atoms with Crippen LogP contribution in [-0.2, 0) is 6.54 Å². The van der Waals surface area contributed by atoms with Gasteiger partial charge in [-0.3, -0.25) is 9.59 Å². The minimum Gasteiger partial charge on any atom is -0.302 e. The fourth-order valence-electron chi connectivity index (χ4n) is 3.59. The minimum atomic E-state index is -0.0338. The lowest BCUT2D eigenvalue weighted by atomic mass is 9.93. The zero-order valence-corrected chi connectivity index (χ0v) is 14.0. The van der Waals surface area contributed by atoms with Gasteiger partial charge in [-0.2, -0.15) is 0 Å². The molecule has 1 amide bonds. The van der Waals surface area contributed by atoms with Gasteiger partial charge in [0.2, 0.25) is 0 Å². The predicted molar refractivity (Wildman–Crippen MR) is 98.2 cm³/mol. The van der Waals surface area contributed by atoms with Crippen LogP contribution in [0.2, 0.25) is 0 Å². The van der Waals surface area contributed by atoms with Gasteiger partial charge in [0, 0.05) is 21.6 Å². The van der Waals surface area contributed by atoms with Gasteiger partial charge in [-0.15, -0.1) is 11.3 Å². The molecule has 120 valence electrons. The summed E-state index contributed by atoms with van der Waals surface area (Å²) >= 11 is 1.56. The van der Waals surface area contributed by atoms with Crippen molar-refractivity contribution >= 4 is 34.3 Å². The third-order valence-electron chi connectivity index (χ3n) is 4.73. The van der Waals surface area contributed by atoms with E-state index >= 15 is 0 Å². The Morgan fingerprint density at radius 2 is 1.64 bits per heavy atom. The van der Waals surface area contributed by atoms with Crippen LogP contribution in [0.4, 0.5) is 0 Å². The van der Waals surface area contributed by atoms with Crippen LogP contribution in [0.5, 0.6) is 0 Å². The molecular weight excluding hydrogens is 330 g/mol. The Morgan fingerprint density at radius 3 is 2.44 bits per heavy atom. The van der Waals surface area contributed by atoms with E-state index in [1.54, 1.807) is 16.2 Å². The summed E-state index contributed by atoms with van der Waals surface area (Å²) in [7, 11) is 0. The molecule has 0 saturated carbocycles. The Hall–Kier alpha value is -2.98. The van der Waals surface area contributed by atoms with E-state index in [1.165, 1.54) is 0 Å². The second-order valence-corrected chi connectivity index (χ2v) is 7.05. The predicted octanol–water partition coefficient (Wildman–Crippen LogP) is 4.47. The summed E-state index contributed by atoms with van der Waals surface area (Å²) in [4.78, 5) is 28.9. The molecule has 0 fully saturated rings. The lowest BCUT2D eigenvalue weighted by molar-refractivity contribution is 0.0842. The van der Waals surface area contributed by atoms with E-state index in [2.05, 4.69) is 0 Å². The average Bonchev–Trinajstić information content (AvgIpc) is 3.24. The monoisotopic (exact) mass is 343 g/mol. The number of allylic oxidation sites excluding steroid dienone is 1. The number of carbonyl (C=O) groups is 2. The van der Waals surface area contributed by atoms with Crippen LogP contribution in [0, 0.1) is 0 Å². The van der Waals surface area contributed by atoms with E-state index in [4.69, 9.17) is 0 Å². The van der Waals surface area contributed by atoms with Crippen molar-refractivity contribution in [2.75, 3.05) is 0 Å². The van der Waals surface area contributed by atoms with Gasteiger partial charge in [0.15, 0.2) is 5.78 Å². The smallest absolute Gasteiger partial charge is 0.259 e. The van der Waals surface area contributed by atoms with Gasteiger partial charge in [-0.25, -0.2) is 0 Å². The number of amides is 1. The summed E-state index contributed by atoms with van der Waals surface area (Å²) in [6, 6.07) is 18.8. The van der Waals surface area contributed by atoms with Crippen molar-refractivity contribution in [1.82, 2.24) is 4.90 Å². The number of benzene rings is 2. The zero-order chi connectivity index (χ0) is 17.0. The highest BCUT2D eigenvalue weighted by molar-refractivity contribution is 7.12. The number of carbonyl (C=O) groups excluding carboxylic acids is 2. The van der Waals surface area contributed by atoms with Crippen LogP contribution in [0.25, 0.3) is 11.3 Å². The fraction of sp³-hybridized carbons (Fsp3) is 0.0476. The molecule has 0 aliphatic carbocycles. The standard InChI is InChI=1S/C21H13NO2S/c23-19(13-6-2-1-3-7-13)17-18-15-8-4-5-9-16(15)21(24)22(18)12-14-10-11-25-20(14)17/h1-11H,12H2. The molecule has 2 aliphatic rings. The average molecular weight is 343 g/mol. The van der Waals surface area contributed by atoms with E-state index in [0.29, 0.717) is 23.2 Å². The first-order valence-corrected chi connectivity index (χ1v) is 8.95. The molecule has 5 rings (SSSR count). The summed E-state index contributed by atoms with van der Waals surface area (Å²) in [6.07, 6.45) is 0. The number of ketones is 1. The molecule has 2 aliphatic heterocycles. The molecule has 0 radical (unpaired) electrons. The number of hydrogen-bond acceptors (Lipinski definition) is 3. The van der Waals surface area contributed by atoms with E-state index < -0.39 is 0 Å².